The van der Waals surface area contributed by atoms with Gasteiger partial charge in [-0.15, -0.1) is 0 Å². The fraction of sp³-hybridized carbons (Fsp3) is 0.400. The number of aromatic nitrogens is 2. The van der Waals surface area contributed by atoms with Gasteiger partial charge in [-0.3, -0.25) is 10.00 Å². The minimum atomic E-state index is -3.15. The molecule has 22 heavy (non-hydrogen) atoms. The van der Waals surface area contributed by atoms with Crippen LogP contribution in [0, 0.1) is 0 Å². The van der Waals surface area contributed by atoms with Crippen molar-refractivity contribution in [2.45, 2.75) is 17.5 Å². The molecule has 7 heteroatoms. The van der Waals surface area contributed by atoms with Crippen LogP contribution in [0.25, 0.3) is 0 Å². The van der Waals surface area contributed by atoms with Crippen LogP contribution >= 0.6 is 0 Å². The molecular formula is C15H19N3O3S. The van der Waals surface area contributed by atoms with Gasteiger partial charge in [0.25, 0.3) is 0 Å². The lowest BCUT2D eigenvalue weighted by Crippen LogP contribution is -2.39. The second-order valence-electron chi connectivity index (χ2n) is 5.49. The zero-order chi connectivity index (χ0) is 15.6. The Bertz CT molecular complexity index is 711. The van der Waals surface area contributed by atoms with Gasteiger partial charge in [0.15, 0.2) is 9.84 Å². The first kappa shape index (κ1) is 15.2. The molecule has 1 aromatic heterocycles. The molecule has 118 valence electrons. The van der Waals surface area contributed by atoms with E-state index in [0.29, 0.717) is 18.1 Å². The Morgan fingerprint density at radius 1 is 1.32 bits per heavy atom. The molecule has 0 bridgehead atoms. The van der Waals surface area contributed by atoms with Gasteiger partial charge < -0.3 is 4.74 Å². The van der Waals surface area contributed by atoms with Crippen molar-refractivity contribution in [2.75, 3.05) is 26.0 Å². The first-order chi connectivity index (χ1) is 10.5. The van der Waals surface area contributed by atoms with Gasteiger partial charge in [0.2, 0.25) is 0 Å². The van der Waals surface area contributed by atoms with Crippen molar-refractivity contribution >= 4 is 9.84 Å². The van der Waals surface area contributed by atoms with Crippen LogP contribution in [0.15, 0.2) is 41.4 Å². The van der Waals surface area contributed by atoms with E-state index in [1.807, 2.05) is 18.2 Å². The summed E-state index contributed by atoms with van der Waals surface area (Å²) < 4.78 is 28.6. The number of hydrogen-bond acceptors (Lipinski definition) is 5. The quantitative estimate of drug-likeness (QED) is 0.921. The van der Waals surface area contributed by atoms with E-state index in [1.54, 1.807) is 18.3 Å². The Morgan fingerprint density at radius 3 is 2.73 bits per heavy atom. The van der Waals surface area contributed by atoms with E-state index in [0.717, 1.165) is 24.3 Å². The highest BCUT2D eigenvalue weighted by Gasteiger charge is 2.25. The summed E-state index contributed by atoms with van der Waals surface area (Å²) in [4.78, 5) is 2.66. The number of benzene rings is 1. The minimum Gasteiger partial charge on any atom is -0.378 e. The second-order valence-corrected chi connectivity index (χ2v) is 7.51. The lowest BCUT2D eigenvalue weighted by Gasteiger charge is -2.34. The Labute approximate surface area is 130 Å². The summed E-state index contributed by atoms with van der Waals surface area (Å²) >= 11 is 0. The first-order valence-corrected chi connectivity index (χ1v) is 9.03. The number of sulfone groups is 1. The molecule has 1 saturated heterocycles. The molecule has 0 radical (unpaired) electrons. The SMILES string of the molecule is CS(=O)(=O)c1ccc(CN2CCOCC2c2ccn[nH]2)cc1. The van der Waals surface area contributed by atoms with E-state index in [1.165, 1.54) is 6.26 Å². The second kappa shape index (κ2) is 6.20. The van der Waals surface area contributed by atoms with Crippen LogP contribution in [0.1, 0.15) is 17.3 Å². The molecule has 1 aliphatic heterocycles. The van der Waals surface area contributed by atoms with Crippen molar-refractivity contribution in [2.24, 2.45) is 0 Å². The summed E-state index contributed by atoms with van der Waals surface area (Å²) in [6.45, 7) is 2.91. The highest BCUT2D eigenvalue weighted by Crippen LogP contribution is 2.24. The highest BCUT2D eigenvalue weighted by molar-refractivity contribution is 7.90. The third-order valence-corrected chi connectivity index (χ3v) is 4.99. The molecular weight excluding hydrogens is 302 g/mol. The molecule has 2 heterocycles. The Hall–Kier alpha value is -1.70. The Kier molecular flexibility index (Phi) is 4.28. The number of nitrogens with zero attached hydrogens (tertiary/aromatic N) is 2. The highest BCUT2D eigenvalue weighted by atomic mass is 32.2. The molecule has 6 nitrogen and oxygen atoms in total. The molecule has 1 atom stereocenters. The Morgan fingerprint density at radius 2 is 2.09 bits per heavy atom. The third kappa shape index (κ3) is 3.37. The number of morpholine rings is 1. The van der Waals surface area contributed by atoms with Crippen molar-refractivity contribution in [3.63, 3.8) is 0 Å². The van der Waals surface area contributed by atoms with E-state index in [4.69, 9.17) is 4.74 Å². The van der Waals surface area contributed by atoms with Gasteiger partial charge in [0, 0.05) is 25.5 Å². The lowest BCUT2D eigenvalue weighted by molar-refractivity contribution is -0.0142. The first-order valence-electron chi connectivity index (χ1n) is 7.14. The largest absolute Gasteiger partial charge is 0.378 e. The predicted molar refractivity (Wildman–Crippen MR) is 82.1 cm³/mol. The van der Waals surface area contributed by atoms with Gasteiger partial charge in [0.05, 0.1) is 29.8 Å². The topological polar surface area (TPSA) is 75.3 Å². The summed E-state index contributed by atoms with van der Waals surface area (Å²) in [5.74, 6) is 0. The summed E-state index contributed by atoms with van der Waals surface area (Å²) in [6.07, 6.45) is 2.96. The summed E-state index contributed by atoms with van der Waals surface area (Å²) in [5.41, 5.74) is 2.12. The van der Waals surface area contributed by atoms with E-state index in [9.17, 15) is 8.42 Å². The van der Waals surface area contributed by atoms with Gasteiger partial charge in [-0.05, 0) is 23.8 Å². The van der Waals surface area contributed by atoms with Crippen molar-refractivity contribution in [3.05, 3.63) is 47.8 Å². The molecule has 0 amide bonds. The van der Waals surface area contributed by atoms with E-state index >= 15 is 0 Å². The molecule has 1 aromatic carbocycles. The van der Waals surface area contributed by atoms with Crippen molar-refractivity contribution in [1.29, 1.82) is 0 Å². The fourth-order valence-electron chi connectivity index (χ4n) is 2.64. The van der Waals surface area contributed by atoms with Gasteiger partial charge >= 0.3 is 0 Å². The van der Waals surface area contributed by atoms with Gasteiger partial charge in [-0.25, -0.2) is 8.42 Å². The van der Waals surface area contributed by atoms with E-state index in [-0.39, 0.29) is 6.04 Å². The number of aromatic amines is 1. The maximum Gasteiger partial charge on any atom is 0.175 e. The smallest absolute Gasteiger partial charge is 0.175 e. The molecule has 3 rings (SSSR count). The Balaban J connectivity index is 1.76. The van der Waals surface area contributed by atoms with Gasteiger partial charge in [0.1, 0.15) is 0 Å². The normalized spacial score (nSPS) is 20.1. The van der Waals surface area contributed by atoms with Gasteiger partial charge in [-0.2, -0.15) is 5.10 Å². The molecule has 1 unspecified atom stereocenters. The molecule has 1 aliphatic rings. The van der Waals surface area contributed by atoms with E-state index in [2.05, 4.69) is 15.1 Å². The van der Waals surface area contributed by atoms with Crippen LogP contribution in [0.2, 0.25) is 0 Å². The monoisotopic (exact) mass is 321 g/mol. The molecule has 0 spiro atoms. The number of ether oxygens (including phenoxy) is 1. The zero-order valence-corrected chi connectivity index (χ0v) is 13.2. The number of nitrogens with one attached hydrogen (secondary N) is 1. The molecule has 1 N–H and O–H groups in total. The maximum atomic E-state index is 11.5. The summed E-state index contributed by atoms with van der Waals surface area (Å²) in [6, 6.07) is 9.17. The summed E-state index contributed by atoms with van der Waals surface area (Å²) in [5, 5.41) is 7.00. The average Bonchev–Trinajstić information content (AvgIpc) is 3.01. The lowest BCUT2D eigenvalue weighted by atomic mass is 10.1. The van der Waals surface area contributed by atoms with Crippen LogP contribution < -0.4 is 0 Å². The minimum absolute atomic E-state index is 0.144. The van der Waals surface area contributed by atoms with Crippen molar-refractivity contribution < 1.29 is 13.2 Å². The third-order valence-electron chi connectivity index (χ3n) is 3.86. The number of H-pyrrole nitrogens is 1. The molecule has 0 aliphatic carbocycles. The number of hydrogen-bond donors (Lipinski definition) is 1. The van der Waals surface area contributed by atoms with Gasteiger partial charge in [-0.1, -0.05) is 12.1 Å². The van der Waals surface area contributed by atoms with Crippen molar-refractivity contribution in [3.8, 4) is 0 Å². The van der Waals surface area contributed by atoms with Crippen LogP contribution in [-0.2, 0) is 21.1 Å². The van der Waals surface area contributed by atoms with Crippen LogP contribution in [0.5, 0.6) is 0 Å². The van der Waals surface area contributed by atoms with Crippen LogP contribution in [0.3, 0.4) is 0 Å². The van der Waals surface area contributed by atoms with Crippen LogP contribution in [-0.4, -0.2) is 49.5 Å². The molecule has 2 aromatic rings. The summed E-state index contributed by atoms with van der Waals surface area (Å²) in [7, 11) is -3.15. The zero-order valence-electron chi connectivity index (χ0n) is 12.4. The predicted octanol–water partition coefficient (Wildman–Crippen LogP) is 1.39. The van der Waals surface area contributed by atoms with Crippen molar-refractivity contribution in [1.82, 2.24) is 15.1 Å². The molecule has 0 saturated carbocycles. The average molecular weight is 321 g/mol. The van der Waals surface area contributed by atoms with Crippen LogP contribution in [0.4, 0.5) is 0 Å². The fourth-order valence-corrected chi connectivity index (χ4v) is 3.27. The maximum absolute atomic E-state index is 11.5. The standard InChI is InChI=1S/C15H19N3O3S/c1-22(19,20)13-4-2-12(3-5-13)10-18-8-9-21-11-15(18)14-6-7-16-17-14/h2-7,15H,8-11H2,1H3,(H,16,17). The molecule has 1 fully saturated rings. The van der Waals surface area contributed by atoms with E-state index < -0.39 is 9.84 Å². The number of rotatable bonds is 4.